The van der Waals surface area contributed by atoms with Crippen LogP contribution in [0.5, 0.6) is 0 Å². The van der Waals surface area contributed by atoms with Gasteiger partial charge in [-0.05, 0) is 41.8 Å². The first-order valence-corrected chi connectivity index (χ1v) is 10.1. The summed E-state index contributed by atoms with van der Waals surface area (Å²) in [5, 5.41) is 10.6. The van der Waals surface area contributed by atoms with E-state index in [9.17, 15) is 4.79 Å². The van der Waals surface area contributed by atoms with Crippen LogP contribution in [-0.2, 0) is 0 Å². The summed E-state index contributed by atoms with van der Waals surface area (Å²) in [6.45, 7) is 1.99. The van der Waals surface area contributed by atoms with Crippen LogP contribution in [-0.4, -0.2) is 20.7 Å². The van der Waals surface area contributed by atoms with Gasteiger partial charge in [0.05, 0.1) is 0 Å². The molecule has 31 heavy (non-hydrogen) atoms. The first kappa shape index (κ1) is 18.8. The largest absolute Gasteiger partial charge is 0.329 e. The molecule has 1 atom stereocenters. The summed E-state index contributed by atoms with van der Waals surface area (Å²) < 4.78 is 1.79. The predicted octanol–water partition coefficient (Wildman–Crippen LogP) is 5.12. The number of carbonyl (C=O) groups is 1. The fraction of sp³-hybridized carbons (Fsp3) is 0.0800. The predicted molar refractivity (Wildman–Crippen MR) is 122 cm³/mol. The van der Waals surface area contributed by atoms with E-state index in [0.29, 0.717) is 11.5 Å². The van der Waals surface area contributed by atoms with Crippen molar-refractivity contribution in [2.75, 3.05) is 10.6 Å². The summed E-state index contributed by atoms with van der Waals surface area (Å²) in [6, 6.07) is 27.6. The average molecular weight is 407 g/mol. The number of nitrogens with one attached hydrogen (secondary N) is 2. The van der Waals surface area contributed by atoms with Crippen LogP contribution in [0.3, 0.4) is 0 Å². The highest BCUT2D eigenvalue weighted by Gasteiger charge is 2.24. The number of hydrogen-bond acceptors (Lipinski definition) is 4. The molecule has 0 saturated heterocycles. The van der Waals surface area contributed by atoms with E-state index in [0.717, 1.165) is 22.4 Å². The Kier molecular flexibility index (Phi) is 4.80. The van der Waals surface area contributed by atoms with Crippen molar-refractivity contribution in [1.82, 2.24) is 14.8 Å². The number of amides is 1. The van der Waals surface area contributed by atoms with Gasteiger partial charge in [0.25, 0.3) is 11.9 Å². The highest BCUT2D eigenvalue weighted by molar-refractivity contribution is 6.03. The van der Waals surface area contributed by atoms with Gasteiger partial charge < -0.3 is 5.32 Å². The van der Waals surface area contributed by atoms with Crippen molar-refractivity contribution in [2.45, 2.75) is 13.0 Å². The summed E-state index contributed by atoms with van der Waals surface area (Å²) in [4.78, 5) is 17.2. The zero-order chi connectivity index (χ0) is 21.2. The number of rotatable bonds is 4. The molecule has 4 aromatic rings. The highest BCUT2D eigenvalue weighted by Crippen LogP contribution is 2.29. The quantitative estimate of drug-likeness (QED) is 0.493. The fourth-order valence-corrected chi connectivity index (χ4v) is 3.69. The van der Waals surface area contributed by atoms with Crippen LogP contribution in [0.2, 0.25) is 0 Å². The lowest BCUT2D eigenvalue weighted by molar-refractivity contribution is 0.102. The molecule has 1 aliphatic heterocycles. The van der Waals surface area contributed by atoms with E-state index in [2.05, 4.69) is 38.9 Å². The Morgan fingerprint density at radius 1 is 0.903 bits per heavy atom. The molecule has 1 aromatic heterocycles. The number of allylic oxidation sites excluding steroid dienone is 2. The Bertz CT molecular complexity index is 1240. The van der Waals surface area contributed by atoms with Gasteiger partial charge in [-0.3, -0.25) is 10.1 Å². The molecule has 2 N–H and O–H groups in total. The highest BCUT2D eigenvalue weighted by atomic mass is 16.1. The van der Waals surface area contributed by atoms with Crippen molar-refractivity contribution in [3.63, 3.8) is 0 Å². The minimum Gasteiger partial charge on any atom is -0.329 e. The maximum atomic E-state index is 12.8. The van der Waals surface area contributed by atoms with E-state index in [-0.39, 0.29) is 17.9 Å². The third-order valence-electron chi connectivity index (χ3n) is 5.23. The second-order valence-electron chi connectivity index (χ2n) is 7.43. The van der Waals surface area contributed by atoms with E-state index < -0.39 is 0 Å². The number of nitrogens with zero attached hydrogens (tertiary/aromatic N) is 3. The molecule has 0 bridgehead atoms. The third-order valence-corrected chi connectivity index (χ3v) is 5.23. The van der Waals surface area contributed by atoms with Gasteiger partial charge in [-0.1, -0.05) is 72.8 Å². The Morgan fingerprint density at radius 3 is 2.26 bits per heavy atom. The molecule has 0 saturated carbocycles. The smallest absolute Gasteiger partial charge is 0.258 e. The summed E-state index contributed by atoms with van der Waals surface area (Å²) in [5.41, 5.74) is 4.81. The van der Waals surface area contributed by atoms with Crippen LogP contribution in [0.15, 0.2) is 96.7 Å². The molecule has 3 aromatic carbocycles. The van der Waals surface area contributed by atoms with Gasteiger partial charge in [0.2, 0.25) is 5.95 Å². The maximum Gasteiger partial charge on any atom is 0.258 e. The van der Waals surface area contributed by atoms with Crippen LogP contribution in [0.1, 0.15) is 28.9 Å². The second-order valence-corrected chi connectivity index (χ2v) is 7.43. The van der Waals surface area contributed by atoms with Gasteiger partial charge in [-0.2, -0.15) is 4.98 Å². The molecule has 2 heterocycles. The van der Waals surface area contributed by atoms with Crippen molar-refractivity contribution in [3.8, 4) is 11.1 Å². The zero-order valence-electron chi connectivity index (χ0n) is 17.0. The summed E-state index contributed by atoms with van der Waals surface area (Å²) >= 11 is 0. The SMILES string of the molecule is CC1=CC(c2ccccc2)n2nc(NC(=O)c3ccc(-c4ccccc4)cc3)nc2N1. The van der Waals surface area contributed by atoms with Gasteiger partial charge in [0.15, 0.2) is 0 Å². The second kappa shape index (κ2) is 7.91. The summed E-state index contributed by atoms with van der Waals surface area (Å²) in [7, 11) is 0. The van der Waals surface area contributed by atoms with Crippen molar-refractivity contribution in [2.24, 2.45) is 0 Å². The molecule has 5 rings (SSSR count). The molecule has 1 aliphatic rings. The lowest BCUT2D eigenvalue weighted by atomic mass is 10.0. The molecule has 6 heteroatoms. The van der Waals surface area contributed by atoms with E-state index in [4.69, 9.17) is 0 Å². The number of fused-ring (bicyclic) bond motifs is 1. The average Bonchev–Trinajstić information content (AvgIpc) is 3.21. The molecule has 6 nitrogen and oxygen atoms in total. The van der Waals surface area contributed by atoms with Crippen molar-refractivity contribution in [1.29, 1.82) is 0 Å². The lowest BCUT2D eigenvalue weighted by Crippen LogP contribution is -2.19. The Balaban J connectivity index is 1.36. The third kappa shape index (κ3) is 3.83. The Morgan fingerprint density at radius 2 is 1.55 bits per heavy atom. The molecule has 1 amide bonds. The number of carbonyl (C=O) groups excluding carboxylic acids is 1. The van der Waals surface area contributed by atoms with Gasteiger partial charge in [-0.25, -0.2) is 4.68 Å². The normalized spacial score (nSPS) is 14.9. The lowest BCUT2D eigenvalue weighted by Gasteiger charge is -2.22. The van der Waals surface area contributed by atoms with E-state index in [1.165, 1.54) is 0 Å². The monoisotopic (exact) mass is 407 g/mol. The van der Waals surface area contributed by atoms with Crippen LogP contribution in [0.4, 0.5) is 11.9 Å². The summed E-state index contributed by atoms with van der Waals surface area (Å²) in [5.74, 6) is 0.621. The first-order valence-electron chi connectivity index (χ1n) is 10.1. The fourth-order valence-electron chi connectivity index (χ4n) is 3.69. The summed E-state index contributed by atoms with van der Waals surface area (Å²) in [6.07, 6.45) is 2.09. The minimum atomic E-state index is -0.247. The van der Waals surface area contributed by atoms with Gasteiger partial charge in [0, 0.05) is 11.3 Å². The topological polar surface area (TPSA) is 71.8 Å². The van der Waals surface area contributed by atoms with Crippen LogP contribution < -0.4 is 10.6 Å². The molecular formula is C25H21N5O. The molecule has 1 unspecified atom stereocenters. The van der Waals surface area contributed by atoms with Gasteiger partial charge in [0.1, 0.15) is 6.04 Å². The van der Waals surface area contributed by atoms with Crippen LogP contribution in [0, 0.1) is 0 Å². The molecule has 0 fully saturated rings. The minimum absolute atomic E-state index is 0.0826. The molecule has 0 aliphatic carbocycles. The molecular weight excluding hydrogens is 386 g/mol. The Hall–Kier alpha value is -4.19. The van der Waals surface area contributed by atoms with E-state index in [1.807, 2.05) is 79.7 Å². The first-order chi connectivity index (χ1) is 15.2. The molecule has 0 radical (unpaired) electrons. The van der Waals surface area contributed by atoms with Crippen molar-refractivity contribution >= 4 is 17.8 Å². The van der Waals surface area contributed by atoms with E-state index >= 15 is 0 Å². The zero-order valence-corrected chi connectivity index (χ0v) is 17.0. The number of anilines is 2. The molecule has 0 spiro atoms. The maximum absolute atomic E-state index is 12.8. The van der Waals surface area contributed by atoms with Crippen molar-refractivity contribution in [3.05, 3.63) is 108 Å². The van der Waals surface area contributed by atoms with Gasteiger partial charge >= 0.3 is 0 Å². The molecule has 152 valence electrons. The Labute approximate surface area is 180 Å². The number of aromatic nitrogens is 3. The van der Waals surface area contributed by atoms with Crippen LogP contribution in [0.25, 0.3) is 11.1 Å². The number of hydrogen-bond donors (Lipinski definition) is 2. The van der Waals surface area contributed by atoms with E-state index in [1.54, 1.807) is 4.68 Å². The standard InChI is InChI=1S/C25H21N5O/c1-17-16-22(20-10-6-3-7-11-20)30-25(26-17)28-24(29-30)27-23(31)21-14-12-19(13-15-21)18-8-4-2-5-9-18/h2-16,22H,1H3,(H2,26,27,28,29,31). The van der Waals surface area contributed by atoms with Gasteiger partial charge in [-0.15, -0.1) is 5.10 Å². The van der Waals surface area contributed by atoms with Crippen molar-refractivity contribution < 1.29 is 4.79 Å². The number of benzene rings is 3. The van der Waals surface area contributed by atoms with Crippen LogP contribution >= 0.6 is 0 Å².